The quantitative estimate of drug-likeness (QED) is 0.566. The van der Waals surface area contributed by atoms with E-state index in [1.807, 2.05) is 30.3 Å². The highest BCUT2D eigenvalue weighted by atomic mass is 127. The Bertz CT molecular complexity index is 1000. The minimum Gasteiger partial charge on any atom is -0.504 e. The summed E-state index contributed by atoms with van der Waals surface area (Å²) in [7, 11) is 1.53. The Morgan fingerprint density at radius 1 is 1.16 bits per heavy atom. The highest BCUT2D eigenvalue weighted by Crippen LogP contribution is 2.45. The molecule has 3 aromatic carbocycles. The van der Waals surface area contributed by atoms with Gasteiger partial charge in [-0.05, 0) is 56.6 Å². The van der Waals surface area contributed by atoms with Gasteiger partial charge in [0, 0.05) is 18.0 Å². The molecule has 1 heterocycles. The lowest BCUT2D eigenvalue weighted by atomic mass is 9.82. The van der Waals surface area contributed by atoms with Crippen LogP contribution in [-0.2, 0) is 4.79 Å². The van der Waals surface area contributed by atoms with Crippen molar-refractivity contribution in [1.29, 1.82) is 0 Å². The van der Waals surface area contributed by atoms with E-state index in [9.17, 15) is 9.90 Å². The molecule has 0 radical (unpaired) electrons. The van der Waals surface area contributed by atoms with Gasteiger partial charge in [0.2, 0.25) is 5.91 Å². The monoisotopic (exact) mass is 445 g/mol. The maximum absolute atomic E-state index is 12.3. The number of hydrogen-bond donors (Lipinski definition) is 2. The van der Waals surface area contributed by atoms with E-state index in [0.717, 1.165) is 31.2 Å². The number of anilines is 1. The van der Waals surface area contributed by atoms with Crippen molar-refractivity contribution in [2.45, 2.75) is 12.3 Å². The number of amides is 1. The number of aromatic hydroxyl groups is 1. The average Bonchev–Trinajstić information content (AvgIpc) is 2.63. The van der Waals surface area contributed by atoms with Gasteiger partial charge < -0.3 is 15.2 Å². The number of halogens is 1. The first-order valence-corrected chi connectivity index (χ1v) is 9.05. The summed E-state index contributed by atoms with van der Waals surface area (Å²) in [6.07, 6.45) is 0.350. The molecule has 0 saturated heterocycles. The Morgan fingerprint density at radius 3 is 2.76 bits per heavy atom. The first kappa shape index (κ1) is 16.2. The number of rotatable bonds is 2. The van der Waals surface area contributed by atoms with Crippen molar-refractivity contribution in [3.8, 4) is 11.5 Å². The number of carbonyl (C=O) groups is 1. The zero-order valence-corrected chi connectivity index (χ0v) is 15.7. The fourth-order valence-corrected chi connectivity index (χ4v) is 4.35. The minimum absolute atomic E-state index is 0.0149. The third-order valence-corrected chi connectivity index (χ3v) is 5.82. The standard InChI is InChI=1S/C20H16INO3/c1-25-16-9-7-13(19(21)20(16)24)14-10-17(23)22-15-8-6-11-4-2-3-5-12(11)18(14)15/h2-9,14,24H,10H2,1H3,(H,22,23)/t14-/m1/s1. The molecule has 25 heavy (non-hydrogen) atoms. The molecule has 1 atom stereocenters. The molecule has 0 unspecified atom stereocenters. The van der Waals surface area contributed by atoms with Crippen molar-refractivity contribution < 1.29 is 14.6 Å². The van der Waals surface area contributed by atoms with Gasteiger partial charge in [-0.15, -0.1) is 0 Å². The first-order valence-electron chi connectivity index (χ1n) is 7.97. The molecule has 2 N–H and O–H groups in total. The van der Waals surface area contributed by atoms with Crippen LogP contribution in [0.2, 0.25) is 0 Å². The Labute approximate surface area is 159 Å². The van der Waals surface area contributed by atoms with Crippen LogP contribution >= 0.6 is 22.6 Å². The smallest absolute Gasteiger partial charge is 0.225 e. The number of methoxy groups -OCH3 is 1. The van der Waals surface area contributed by atoms with E-state index >= 15 is 0 Å². The molecule has 4 nitrogen and oxygen atoms in total. The van der Waals surface area contributed by atoms with Crippen molar-refractivity contribution in [2.75, 3.05) is 12.4 Å². The SMILES string of the molecule is COc1ccc([C@H]2CC(=O)Nc3ccc4ccccc4c32)c(I)c1O. The van der Waals surface area contributed by atoms with Gasteiger partial charge in [-0.25, -0.2) is 0 Å². The minimum atomic E-state index is -0.112. The Morgan fingerprint density at radius 2 is 1.96 bits per heavy atom. The van der Waals surface area contributed by atoms with Crippen LogP contribution in [0, 0.1) is 3.57 Å². The number of phenols is 1. The van der Waals surface area contributed by atoms with E-state index in [-0.39, 0.29) is 17.6 Å². The van der Waals surface area contributed by atoms with Crippen molar-refractivity contribution in [2.24, 2.45) is 0 Å². The summed E-state index contributed by atoms with van der Waals surface area (Å²) >= 11 is 2.12. The average molecular weight is 445 g/mol. The molecule has 0 bridgehead atoms. The van der Waals surface area contributed by atoms with Gasteiger partial charge in [-0.1, -0.05) is 36.4 Å². The van der Waals surface area contributed by atoms with Crippen molar-refractivity contribution in [3.63, 3.8) is 0 Å². The summed E-state index contributed by atoms with van der Waals surface area (Å²) in [5.74, 6) is 0.428. The lowest BCUT2D eigenvalue weighted by Crippen LogP contribution is -2.24. The van der Waals surface area contributed by atoms with Gasteiger partial charge in [0.25, 0.3) is 0 Å². The molecule has 126 valence electrons. The Hall–Kier alpha value is -2.28. The molecule has 0 fully saturated rings. The van der Waals surface area contributed by atoms with Gasteiger partial charge in [0.1, 0.15) is 0 Å². The van der Waals surface area contributed by atoms with E-state index < -0.39 is 0 Å². The van der Waals surface area contributed by atoms with Crippen molar-refractivity contribution in [3.05, 3.63) is 63.2 Å². The molecule has 1 aliphatic rings. The highest BCUT2D eigenvalue weighted by Gasteiger charge is 2.30. The number of carbonyl (C=O) groups excluding carboxylic acids is 1. The van der Waals surface area contributed by atoms with Gasteiger partial charge >= 0.3 is 0 Å². The van der Waals surface area contributed by atoms with E-state index in [0.29, 0.717) is 12.2 Å². The summed E-state index contributed by atoms with van der Waals surface area (Å²) in [5.41, 5.74) is 2.87. The Kier molecular flexibility index (Phi) is 4.03. The number of benzene rings is 3. The van der Waals surface area contributed by atoms with Gasteiger partial charge in [0.15, 0.2) is 11.5 Å². The molecule has 0 aliphatic carbocycles. The third kappa shape index (κ3) is 2.63. The second-order valence-corrected chi connectivity index (χ2v) is 7.15. The summed E-state index contributed by atoms with van der Waals surface area (Å²) in [6.45, 7) is 0. The lowest BCUT2D eigenvalue weighted by molar-refractivity contribution is -0.116. The molecule has 0 saturated carbocycles. The van der Waals surface area contributed by atoms with Crippen LogP contribution < -0.4 is 10.1 Å². The summed E-state index contributed by atoms with van der Waals surface area (Å²) in [6, 6.07) is 15.8. The van der Waals surface area contributed by atoms with Crippen LogP contribution in [0.5, 0.6) is 11.5 Å². The zero-order valence-electron chi connectivity index (χ0n) is 13.5. The van der Waals surface area contributed by atoms with Crippen LogP contribution in [-0.4, -0.2) is 18.1 Å². The molecule has 3 aromatic rings. The van der Waals surface area contributed by atoms with Crippen LogP contribution in [0.15, 0.2) is 48.5 Å². The van der Waals surface area contributed by atoms with E-state index in [1.165, 1.54) is 7.11 Å². The molecule has 1 amide bonds. The number of hydrogen-bond acceptors (Lipinski definition) is 3. The molecular formula is C20H16INO3. The molecule has 4 rings (SSSR count). The molecule has 0 aromatic heterocycles. The lowest BCUT2D eigenvalue weighted by Gasteiger charge is -2.28. The van der Waals surface area contributed by atoms with Crippen molar-refractivity contribution >= 4 is 45.0 Å². The Balaban J connectivity index is 1.98. The molecule has 1 aliphatic heterocycles. The van der Waals surface area contributed by atoms with E-state index in [2.05, 4.69) is 40.0 Å². The molecular weight excluding hydrogens is 429 g/mol. The maximum atomic E-state index is 12.3. The second-order valence-electron chi connectivity index (χ2n) is 6.07. The van der Waals surface area contributed by atoms with Gasteiger partial charge in [-0.3, -0.25) is 4.79 Å². The first-order chi connectivity index (χ1) is 12.1. The van der Waals surface area contributed by atoms with Crippen molar-refractivity contribution in [1.82, 2.24) is 0 Å². The van der Waals surface area contributed by atoms with Crippen LogP contribution in [0.25, 0.3) is 10.8 Å². The number of phenolic OH excluding ortho intramolecular Hbond substituents is 1. The normalized spacial score (nSPS) is 16.4. The summed E-state index contributed by atoms with van der Waals surface area (Å²) in [4.78, 5) is 12.3. The fourth-order valence-electron chi connectivity index (χ4n) is 3.53. The third-order valence-electron chi connectivity index (χ3n) is 4.69. The summed E-state index contributed by atoms with van der Waals surface area (Å²) < 4.78 is 5.91. The molecule has 5 heteroatoms. The molecule has 0 spiro atoms. The highest BCUT2D eigenvalue weighted by molar-refractivity contribution is 14.1. The van der Waals surface area contributed by atoms with Gasteiger partial charge in [0.05, 0.1) is 10.7 Å². The van der Waals surface area contributed by atoms with Crippen LogP contribution in [0.3, 0.4) is 0 Å². The number of ether oxygens (including phenoxy) is 1. The van der Waals surface area contributed by atoms with E-state index in [4.69, 9.17) is 4.74 Å². The summed E-state index contributed by atoms with van der Waals surface area (Å²) in [5, 5.41) is 15.6. The van der Waals surface area contributed by atoms with E-state index in [1.54, 1.807) is 6.07 Å². The maximum Gasteiger partial charge on any atom is 0.225 e. The zero-order chi connectivity index (χ0) is 17.6. The predicted octanol–water partition coefficient (Wildman–Crippen LogP) is 4.63. The van der Waals surface area contributed by atoms with Crippen LogP contribution in [0.4, 0.5) is 5.69 Å². The fraction of sp³-hybridized carbons (Fsp3) is 0.150. The number of nitrogens with one attached hydrogen (secondary N) is 1. The predicted molar refractivity (Wildman–Crippen MR) is 106 cm³/mol. The largest absolute Gasteiger partial charge is 0.504 e. The topological polar surface area (TPSA) is 58.6 Å². The van der Waals surface area contributed by atoms with Gasteiger partial charge in [-0.2, -0.15) is 0 Å². The second kappa shape index (κ2) is 6.22. The number of fused-ring (bicyclic) bond motifs is 3. The van der Waals surface area contributed by atoms with Crippen LogP contribution in [0.1, 0.15) is 23.5 Å².